The summed E-state index contributed by atoms with van der Waals surface area (Å²) in [5.41, 5.74) is -0.975. The Labute approximate surface area is 130 Å². The molecule has 0 spiro atoms. The standard InChI is InChI=1S/C13H16N2O8/c1-5-9(16)10(17)11(18)12(23-5)14-6-2-3-7(13(19)20)8(4-6)15(21)22/h2-5,9-12,14,16-18H,1H3,(H,19,20)/t5-,9-,10+,11+,12-/m1/s1. The molecule has 0 aromatic heterocycles. The van der Waals surface area contributed by atoms with Gasteiger partial charge in [0.2, 0.25) is 0 Å². The summed E-state index contributed by atoms with van der Waals surface area (Å²) in [5.74, 6) is -1.44. The Kier molecular flexibility index (Phi) is 4.80. The zero-order chi connectivity index (χ0) is 17.3. The summed E-state index contributed by atoms with van der Waals surface area (Å²) in [5, 5.41) is 51.7. The molecule has 1 aromatic rings. The molecule has 0 amide bonds. The average Bonchev–Trinajstić information content (AvgIpc) is 2.50. The first-order valence-corrected chi connectivity index (χ1v) is 6.70. The third-order valence-electron chi connectivity index (χ3n) is 3.59. The number of rotatable bonds is 4. The van der Waals surface area contributed by atoms with Gasteiger partial charge in [-0.3, -0.25) is 10.1 Å². The maximum absolute atomic E-state index is 11.0. The van der Waals surface area contributed by atoms with Crippen LogP contribution in [0.2, 0.25) is 0 Å². The predicted octanol–water partition coefficient (Wildman–Crippen LogP) is -0.468. The fraction of sp³-hybridized carbons (Fsp3) is 0.462. The quantitative estimate of drug-likeness (QED) is 0.363. The van der Waals surface area contributed by atoms with Crippen molar-refractivity contribution in [2.45, 2.75) is 37.6 Å². The molecule has 1 aliphatic heterocycles. The second-order valence-corrected chi connectivity index (χ2v) is 5.17. The zero-order valence-electron chi connectivity index (χ0n) is 12.0. The van der Waals surface area contributed by atoms with Crippen molar-refractivity contribution in [3.63, 3.8) is 0 Å². The van der Waals surface area contributed by atoms with Gasteiger partial charge in [0.15, 0.2) is 6.23 Å². The number of hydrogen-bond donors (Lipinski definition) is 5. The molecule has 1 aromatic carbocycles. The van der Waals surface area contributed by atoms with Gasteiger partial charge in [0.1, 0.15) is 23.9 Å². The van der Waals surface area contributed by atoms with Gasteiger partial charge in [-0.2, -0.15) is 0 Å². The van der Waals surface area contributed by atoms with Crippen molar-refractivity contribution >= 4 is 17.3 Å². The van der Waals surface area contributed by atoms with Gasteiger partial charge >= 0.3 is 5.97 Å². The molecule has 0 unspecified atom stereocenters. The fourth-order valence-corrected chi connectivity index (χ4v) is 2.29. The molecular weight excluding hydrogens is 312 g/mol. The Morgan fingerprint density at radius 2 is 1.91 bits per heavy atom. The monoisotopic (exact) mass is 328 g/mol. The highest BCUT2D eigenvalue weighted by molar-refractivity contribution is 5.93. The highest BCUT2D eigenvalue weighted by Gasteiger charge is 2.41. The lowest BCUT2D eigenvalue weighted by molar-refractivity contribution is -0.385. The molecule has 10 heteroatoms. The number of carboxylic acid groups (broad SMARTS) is 1. The molecule has 1 saturated heterocycles. The maximum atomic E-state index is 11.0. The van der Waals surface area contributed by atoms with Crippen molar-refractivity contribution in [2.24, 2.45) is 0 Å². The first-order chi connectivity index (χ1) is 10.7. The summed E-state index contributed by atoms with van der Waals surface area (Å²) >= 11 is 0. The molecule has 23 heavy (non-hydrogen) atoms. The minimum atomic E-state index is -1.47. The number of nitro benzene ring substituents is 1. The van der Waals surface area contributed by atoms with Gasteiger partial charge in [0.25, 0.3) is 5.69 Å². The molecule has 5 atom stereocenters. The normalized spacial score (nSPS) is 30.7. The van der Waals surface area contributed by atoms with Gasteiger partial charge in [-0.15, -0.1) is 0 Å². The minimum absolute atomic E-state index is 0.126. The van der Waals surface area contributed by atoms with Crippen LogP contribution in [0, 0.1) is 10.1 Å². The highest BCUT2D eigenvalue weighted by atomic mass is 16.6. The number of carboxylic acids is 1. The molecule has 1 fully saturated rings. The molecule has 2 rings (SSSR count). The van der Waals surface area contributed by atoms with E-state index in [1.54, 1.807) is 0 Å². The predicted molar refractivity (Wildman–Crippen MR) is 76.0 cm³/mol. The van der Waals surface area contributed by atoms with E-state index in [0.29, 0.717) is 0 Å². The molecule has 5 N–H and O–H groups in total. The van der Waals surface area contributed by atoms with Gasteiger partial charge in [0, 0.05) is 11.8 Å². The number of anilines is 1. The van der Waals surface area contributed by atoms with Crippen molar-refractivity contribution in [1.29, 1.82) is 0 Å². The number of carbonyl (C=O) groups is 1. The molecule has 0 aliphatic carbocycles. The summed E-state index contributed by atoms with van der Waals surface area (Å²) in [7, 11) is 0. The van der Waals surface area contributed by atoms with Crippen molar-refractivity contribution in [2.75, 3.05) is 5.32 Å². The number of ether oxygens (including phenoxy) is 1. The number of aliphatic hydroxyl groups is 3. The Bertz CT molecular complexity index is 622. The Hall–Kier alpha value is -2.27. The van der Waals surface area contributed by atoms with Crippen LogP contribution in [-0.4, -0.2) is 62.0 Å². The first kappa shape index (κ1) is 17.1. The second-order valence-electron chi connectivity index (χ2n) is 5.17. The third-order valence-corrected chi connectivity index (χ3v) is 3.59. The highest BCUT2D eigenvalue weighted by Crippen LogP contribution is 2.27. The van der Waals surface area contributed by atoms with E-state index in [4.69, 9.17) is 9.84 Å². The van der Waals surface area contributed by atoms with E-state index in [-0.39, 0.29) is 5.69 Å². The molecule has 0 bridgehead atoms. The van der Waals surface area contributed by atoms with Crippen molar-refractivity contribution in [1.82, 2.24) is 0 Å². The van der Waals surface area contributed by atoms with Crippen LogP contribution >= 0.6 is 0 Å². The summed E-state index contributed by atoms with van der Waals surface area (Å²) in [4.78, 5) is 21.1. The van der Waals surface area contributed by atoms with Crippen molar-refractivity contribution in [3.05, 3.63) is 33.9 Å². The van der Waals surface area contributed by atoms with Crippen LogP contribution < -0.4 is 5.32 Å². The Morgan fingerprint density at radius 1 is 1.26 bits per heavy atom. The van der Waals surface area contributed by atoms with Crippen LogP contribution in [-0.2, 0) is 4.74 Å². The van der Waals surface area contributed by atoms with Crippen LogP contribution in [0.4, 0.5) is 11.4 Å². The number of nitrogens with zero attached hydrogens (tertiary/aromatic N) is 1. The van der Waals surface area contributed by atoms with Gasteiger partial charge in [-0.1, -0.05) is 0 Å². The second kappa shape index (κ2) is 6.46. The van der Waals surface area contributed by atoms with E-state index < -0.39 is 52.8 Å². The molecule has 0 radical (unpaired) electrons. The topological polar surface area (TPSA) is 162 Å². The molecule has 1 aliphatic rings. The number of nitrogens with one attached hydrogen (secondary N) is 1. The number of aliphatic hydroxyl groups excluding tert-OH is 3. The van der Waals surface area contributed by atoms with Gasteiger partial charge in [-0.05, 0) is 19.1 Å². The SMILES string of the molecule is C[C@H]1O[C@@H](Nc2ccc(C(=O)O)c([N+](=O)[O-])c2)[C@@H](O)[C@@H](O)[C@@H]1O. The number of nitro groups is 1. The molecule has 126 valence electrons. The summed E-state index contributed by atoms with van der Waals surface area (Å²) in [6, 6.07) is 3.31. The lowest BCUT2D eigenvalue weighted by Gasteiger charge is -2.39. The Balaban J connectivity index is 2.25. The molecular formula is C13H16N2O8. The van der Waals surface area contributed by atoms with Gasteiger partial charge in [-0.25, -0.2) is 4.79 Å². The summed E-state index contributed by atoms with van der Waals surface area (Å²) in [6.45, 7) is 1.49. The van der Waals surface area contributed by atoms with Crippen LogP contribution in [0.1, 0.15) is 17.3 Å². The zero-order valence-corrected chi connectivity index (χ0v) is 12.0. The first-order valence-electron chi connectivity index (χ1n) is 6.70. The smallest absolute Gasteiger partial charge is 0.342 e. The fourth-order valence-electron chi connectivity index (χ4n) is 2.29. The van der Waals surface area contributed by atoms with E-state index >= 15 is 0 Å². The largest absolute Gasteiger partial charge is 0.477 e. The average molecular weight is 328 g/mol. The van der Waals surface area contributed by atoms with Gasteiger partial charge < -0.3 is 30.5 Å². The van der Waals surface area contributed by atoms with Crippen molar-refractivity contribution in [3.8, 4) is 0 Å². The van der Waals surface area contributed by atoms with E-state index in [0.717, 1.165) is 12.1 Å². The minimum Gasteiger partial charge on any atom is -0.477 e. The maximum Gasteiger partial charge on any atom is 0.342 e. The Morgan fingerprint density at radius 3 is 2.48 bits per heavy atom. The molecule has 10 nitrogen and oxygen atoms in total. The number of benzene rings is 1. The van der Waals surface area contributed by atoms with Crippen molar-refractivity contribution < 1.29 is 34.9 Å². The van der Waals surface area contributed by atoms with E-state index in [2.05, 4.69) is 5.32 Å². The molecule has 0 saturated carbocycles. The number of hydrogen-bond acceptors (Lipinski definition) is 8. The molecule has 1 heterocycles. The third kappa shape index (κ3) is 3.40. The lowest BCUT2D eigenvalue weighted by Crippen LogP contribution is -2.58. The van der Waals surface area contributed by atoms with Crippen LogP contribution in [0.15, 0.2) is 18.2 Å². The van der Waals surface area contributed by atoms with Crippen LogP contribution in [0.3, 0.4) is 0 Å². The lowest BCUT2D eigenvalue weighted by atomic mass is 9.99. The van der Waals surface area contributed by atoms with Crippen LogP contribution in [0.5, 0.6) is 0 Å². The van der Waals surface area contributed by atoms with Gasteiger partial charge in [0.05, 0.1) is 11.0 Å². The van der Waals surface area contributed by atoms with E-state index in [1.165, 1.54) is 13.0 Å². The summed E-state index contributed by atoms with van der Waals surface area (Å²) < 4.78 is 5.31. The summed E-state index contributed by atoms with van der Waals surface area (Å²) in [6.07, 6.45) is -6.10. The van der Waals surface area contributed by atoms with E-state index in [1.807, 2.05) is 0 Å². The van der Waals surface area contributed by atoms with Crippen LogP contribution in [0.25, 0.3) is 0 Å². The number of aromatic carboxylic acids is 1. The van der Waals surface area contributed by atoms with E-state index in [9.17, 15) is 30.2 Å².